The number of nitrogens with zero attached hydrogens (tertiary/aromatic N) is 1. The highest BCUT2D eigenvalue weighted by Gasteiger charge is 2.05. The van der Waals surface area contributed by atoms with Crippen LogP contribution in [-0.2, 0) is 4.79 Å². The van der Waals surface area contributed by atoms with Crippen LogP contribution in [0.5, 0.6) is 0 Å². The van der Waals surface area contributed by atoms with E-state index in [0.717, 1.165) is 13.1 Å². The summed E-state index contributed by atoms with van der Waals surface area (Å²) in [5.74, 6) is 0.210. The Bertz CT molecular complexity index is 187. The van der Waals surface area contributed by atoms with Crippen LogP contribution in [0.25, 0.3) is 0 Å². The molecule has 0 atom stereocenters. The molecular weight excluding hydrogens is 178 g/mol. The average Bonchev–Trinajstić information content (AvgIpc) is 1.97. The maximum Gasteiger partial charge on any atom is 0.329 e. The monoisotopic (exact) mass is 199 g/mol. The topological polar surface area (TPSA) is 40.5 Å². The van der Waals surface area contributed by atoms with E-state index in [4.69, 9.17) is 5.11 Å². The van der Waals surface area contributed by atoms with Crippen LogP contribution in [0.2, 0.25) is 0 Å². The maximum atomic E-state index is 10.4. The molecule has 0 aromatic rings. The summed E-state index contributed by atoms with van der Waals surface area (Å²) in [5.41, 5.74) is 0. The molecule has 0 aromatic heterocycles. The molecule has 14 heavy (non-hydrogen) atoms. The van der Waals surface area contributed by atoms with Crippen molar-refractivity contribution in [1.29, 1.82) is 0 Å². The van der Waals surface area contributed by atoms with Crippen molar-refractivity contribution in [2.45, 2.75) is 27.7 Å². The molecule has 0 aliphatic rings. The molecule has 0 fully saturated rings. The van der Waals surface area contributed by atoms with Crippen molar-refractivity contribution in [1.82, 2.24) is 4.90 Å². The second-order valence-electron chi connectivity index (χ2n) is 4.40. The second kappa shape index (κ2) is 6.46. The van der Waals surface area contributed by atoms with Crippen molar-refractivity contribution in [3.05, 3.63) is 12.3 Å². The SMILES string of the molecule is CC(C)CN(C=CC(=O)O)CC(C)C. The molecule has 0 heterocycles. The lowest BCUT2D eigenvalue weighted by Gasteiger charge is -2.24. The highest BCUT2D eigenvalue weighted by Crippen LogP contribution is 2.04. The smallest absolute Gasteiger partial charge is 0.329 e. The lowest BCUT2D eigenvalue weighted by atomic mass is 10.1. The Morgan fingerprint density at radius 3 is 1.93 bits per heavy atom. The Hall–Kier alpha value is -0.990. The molecule has 0 bridgehead atoms. The first kappa shape index (κ1) is 13.0. The Morgan fingerprint density at radius 2 is 1.64 bits per heavy atom. The van der Waals surface area contributed by atoms with Crippen LogP contribution in [0.3, 0.4) is 0 Å². The molecule has 0 unspecified atom stereocenters. The number of carboxylic acid groups (broad SMARTS) is 1. The van der Waals surface area contributed by atoms with Gasteiger partial charge in [0.1, 0.15) is 0 Å². The molecule has 0 aliphatic heterocycles. The lowest BCUT2D eigenvalue weighted by molar-refractivity contribution is -0.131. The van der Waals surface area contributed by atoms with Crippen LogP contribution in [0, 0.1) is 11.8 Å². The van der Waals surface area contributed by atoms with E-state index in [1.54, 1.807) is 6.20 Å². The van der Waals surface area contributed by atoms with Crippen molar-refractivity contribution in [3.8, 4) is 0 Å². The standard InChI is InChI=1S/C11H21NO2/c1-9(2)7-12(8-10(3)4)6-5-11(13)14/h5-6,9-10H,7-8H2,1-4H3,(H,13,14). The molecule has 0 rings (SSSR count). The first-order valence-electron chi connectivity index (χ1n) is 5.07. The molecule has 0 spiro atoms. The van der Waals surface area contributed by atoms with Crippen LogP contribution in [0.4, 0.5) is 0 Å². The quantitative estimate of drug-likeness (QED) is 0.667. The van der Waals surface area contributed by atoms with E-state index in [1.165, 1.54) is 6.08 Å². The molecule has 0 saturated heterocycles. The molecule has 0 radical (unpaired) electrons. The lowest BCUT2D eigenvalue weighted by Crippen LogP contribution is -2.26. The number of aliphatic carboxylic acids is 1. The summed E-state index contributed by atoms with van der Waals surface area (Å²) in [6.07, 6.45) is 2.87. The average molecular weight is 199 g/mol. The van der Waals surface area contributed by atoms with E-state index >= 15 is 0 Å². The van der Waals surface area contributed by atoms with Gasteiger partial charge >= 0.3 is 5.97 Å². The first-order chi connectivity index (χ1) is 6.41. The molecule has 1 N–H and O–H groups in total. The van der Waals surface area contributed by atoms with Gasteiger partial charge in [-0.25, -0.2) is 4.79 Å². The predicted molar refractivity (Wildman–Crippen MR) is 58.0 cm³/mol. The molecule has 0 aromatic carbocycles. The van der Waals surface area contributed by atoms with Gasteiger partial charge in [0.05, 0.1) is 0 Å². The highest BCUT2D eigenvalue weighted by atomic mass is 16.4. The zero-order valence-corrected chi connectivity index (χ0v) is 9.53. The molecule has 3 nitrogen and oxygen atoms in total. The molecule has 0 aliphatic carbocycles. The number of hydrogen-bond acceptors (Lipinski definition) is 2. The largest absolute Gasteiger partial charge is 0.478 e. The Balaban J connectivity index is 4.16. The molecule has 0 amide bonds. The van der Waals surface area contributed by atoms with Crippen molar-refractivity contribution < 1.29 is 9.90 Å². The zero-order chi connectivity index (χ0) is 11.1. The fraction of sp³-hybridized carbons (Fsp3) is 0.727. The van der Waals surface area contributed by atoms with Crippen LogP contribution in [0.15, 0.2) is 12.3 Å². The van der Waals surface area contributed by atoms with Gasteiger partial charge in [0, 0.05) is 25.4 Å². The van der Waals surface area contributed by atoms with Crippen molar-refractivity contribution in [2.24, 2.45) is 11.8 Å². The van der Waals surface area contributed by atoms with Gasteiger partial charge in [-0.05, 0) is 11.8 Å². The molecule has 0 saturated carbocycles. The van der Waals surface area contributed by atoms with E-state index < -0.39 is 5.97 Å². The number of carbonyl (C=O) groups is 1. The number of rotatable bonds is 6. The predicted octanol–water partition coefficient (Wildman–Crippen LogP) is 2.20. The first-order valence-corrected chi connectivity index (χ1v) is 5.07. The van der Waals surface area contributed by atoms with E-state index in [9.17, 15) is 4.79 Å². The Labute approximate surface area is 86.4 Å². The summed E-state index contributed by atoms with van der Waals surface area (Å²) in [6.45, 7) is 10.3. The maximum absolute atomic E-state index is 10.4. The fourth-order valence-electron chi connectivity index (χ4n) is 1.30. The summed E-state index contributed by atoms with van der Waals surface area (Å²) in [5, 5.41) is 8.52. The van der Waals surface area contributed by atoms with Gasteiger partial charge in [0.25, 0.3) is 0 Å². The van der Waals surface area contributed by atoms with Crippen LogP contribution in [-0.4, -0.2) is 29.1 Å². The third kappa shape index (κ3) is 7.65. The van der Waals surface area contributed by atoms with Gasteiger partial charge < -0.3 is 10.0 Å². The highest BCUT2D eigenvalue weighted by molar-refractivity contribution is 5.79. The minimum absolute atomic E-state index is 0.548. The summed E-state index contributed by atoms with van der Waals surface area (Å²) < 4.78 is 0. The summed E-state index contributed by atoms with van der Waals surface area (Å²) in [4.78, 5) is 12.4. The second-order valence-corrected chi connectivity index (χ2v) is 4.40. The van der Waals surface area contributed by atoms with E-state index in [1.807, 2.05) is 0 Å². The normalized spacial score (nSPS) is 11.6. The van der Waals surface area contributed by atoms with E-state index in [0.29, 0.717) is 11.8 Å². The molecule has 3 heteroatoms. The van der Waals surface area contributed by atoms with Crippen LogP contribution < -0.4 is 0 Å². The zero-order valence-electron chi connectivity index (χ0n) is 9.53. The van der Waals surface area contributed by atoms with Gasteiger partial charge in [-0.15, -0.1) is 0 Å². The fourth-order valence-corrected chi connectivity index (χ4v) is 1.30. The Morgan fingerprint density at radius 1 is 1.21 bits per heavy atom. The summed E-state index contributed by atoms with van der Waals surface area (Å²) in [6, 6.07) is 0. The van der Waals surface area contributed by atoms with E-state index in [-0.39, 0.29) is 0 Å². The summed E-state index contributed by atoms with van der Waals surface area (Å²) >= 11 is 0. The summed E-state index contributed by atoms with van der Waals surface area (Å²) in [7, 11) is 0. The van der Waals surface area contributed by atoms with Gasteiger partial charge in [-0.1, -0.05) is 27.7 Å². The van der Waals surface area contributed by atoms with Gasteiger partial charge in [0.15, 0.2) is 0 Å². The minimum Gasteiger partial charge on any atom is -0.478 e. The van der Waals surface area contributed by atoms with Gasteiger partial charge in [0.2, 0.25) is 0 Å². The van der Waals surface area contributed by atoms with E-state index in [2.05, 4.69) is 32.6 Å². The van der Waals surface area contributed by atoms with Crippen LogP contribution >= 0.6 is 0 Å². The van der Waals surface area contributed by atoms with Crippen LogP contribution in [0.1, 0.15) is 27.7 Å². The molecule has 82 valence electrons. The minimum atomic E-state index is -0.887. The van der Waals surface area contributed by atoms with Crippen molar-refractivity contribution in [2.75, 3.05) is 13.1 Å². The third-order valence-corrected chi connectivity index (χ3v) is 1.63. The number of hydrogen-bond donors (Lipinski definition) is 1. The van der Waals surface area contributed by atoms with Gasteiger partial charge in [-0.2, -0.15) is 0 Å². The number of carboxylic acids is 1. The Kier molecular flexibility index (Phi) is 6.00. The van der Waals surface area contributed by atoms with Crippen molar-refractivity contribution in [3.63, 3.8) is 0 Å². The molecular formula is C11H21NO2. The third-order valence-electron chi connectivity index (χ3n) is 1.63. The van der Waals surface area contributed by atoms with Crippen molar-refractivity contribution >= 4 is 5.97 Å². The van der Waals surface area contributed by atoms with Gasteiger partial charge in [-0.3, -0.25) is 0 Å².